The van der Waals surface area contributed by atoms with Crippen molar-refractivity contribution >= 4 is 0 Å². The first kappa shape index (κ1) is 31.8. The zero-order valence-corrected chi connectivity index (χ0v) is 23.9. The van der Waals surface area contributed by atoms with Gasteiger partial charge in [-0.15, -0.1) is 0 Å². The van der Waals surface area contributed by atoms with Gasteiger partial charge in [0, 0.05) is 27.2 Å². The second-order valence-corrected chi connectivity index (χ2v) is 11.9. The molecule has 2 heterocycles. The van der Waals surface area contributed by atoms with E-state index in [0.29, 0.717) is 0 Å². The van der Waals surface area contributed by atoms with Crippen LogP contribution in [0.4, 0.5) is 0 Å². The molecule has 214 valence electrons. The van der Waals surface area contributed by atoms with E-state index in [1.165, 1.54) is 0 Å². The molecule has 2 aliphatic heterocycles. The van der Waals surface area contributed by atoms with Crippen molar-refractivity contribution in [2.45, 2.75) is 122 Å². The van der Waals surface area contributed by atoms with Crippen LogP contribution in [0, 0.1) is 11.3 Å². The number of methoxy groups -OCH3 is 3. The molecule has 0 spiro atoms. The summed E-state index contributed by atoms with van der Waals surface area (Å²) in [4.78, 5) is 0. The smallest absolute Gasteiger partial charge is 0.187 e. The average molecular weight is 523 g/mol. The predicted octanol–water partition coefficient (Wildman–Crippen LogP) is 2.12. The van der Waals surface area contributed by atoms with E-state index in [9.17, 15) is 10.2 Å². The number of hydrogen-bond acceptors (Lipinski definition) is 10. The summed E-state index contributed by atoms with van der Waals surface area (Å²) in [6.07, 6.45) is -6.11. The Morgan fingerprint density at radius 1 is 0.806 bits per heavy atom. The first-order valence-corrected chi connectivity index (χ1v) is 12.8. The van der Waals surface area contributed by atoms with Crippen LogP contribution in [-0.4, -0.2) is 112 Å². The van der Waals surface area contributed by atoms with Crippen molar-refractivity contribution in [2.24, 2.45) is 11.3 Å². The van der Waals surface area contributed by atoms with E-state index >= 15 is 0 Å². The standard InChI is InChI=1S/C26H50O10/c1-14(28)13-32-22-20(30-10)18(15(2)33-24(22)36-26(6,7)8)35-23-21(31-11)19(29-9)17(25(3,4)5)16(12-27)34-23/h14-24,27-28H,12-13H2,1-11H3. The lowest BCUT2D eigenvalue weighted by Gasteiger charge is -2.52. The fourth-order valence-corrected chi connectivity index (χ4v) is 5.20. The summed E-state index contributed by atoms with van der Waals surface area (Å²) in [6.45, 7) is 15.5. The van der Waals surface area contributed by atoms with Gasteiger partial charge in [-0.3, -0.25) is 0 Å². The van der Waals surface area contributed by atoms with Crippen LogP contribution in [0.1, 0.15) is 55.4 Å². The van der Waals surface area contributed by atoms with Crippen molar-refractivity contribution in [2.75, 3.05) is 34.5 Å². The van der Waals surface area contributed by atoms with Crippen molar-refractivity contribution in [3.05, 3.63) is 0 Å². The Morgan fingerprint density at radius 2 is 1.39 bits per heavy atom. The van der Waals surface area contributed by atoms with Crippen LogP contribution in [0.5, 0.6) is 0 Å². The molecule has 0 bridgehead atoms. The minimum absolute atomic E-state index is 0.0746. The Balaban J connectivity index is 2.35. The zero-order valence-electron chi connectivity index (χ0n) is 23.9. The maximum Gasteiger partial charge on any atom is 0.187 e. The van der Waals surface area contributed by atoms with Crippen molar-refractivity contribution in [3.63, 3.8) is 0 Å². The van der Waals surface area contributed by atoms with Gasteiger partial charge in [-0.05, 0) is 40.0 Å². The fraction of sp³-hybridized carbons (Fsp3) is 1.00. The van der Waals surface area contributed by atoms with Gasteiger partial charge in [-0.25, -0.2) is 0 Å². The largest absolute Gasteiger partial charge is 0.394 e. The monoisotopic (exact) mass is 522 g/mol. The third-order valence-electron chi connectivity index (χ3n) is 6.67. The van der Waals surface area contributed by atoms with E-state index in [4.69, 9.17) is 37.9 Å². The summed E-state index contributed by atoms with van der Waals surface area (Å²) in [5, 5.41) is 20.0. The lowest BCUT2D eigenvalue weighted by atomic mass is 9.71. The van der Waals surface area contributed by atoms with Gasteiger partial charge in [0.15, 0.2) is 12.6 Å². The number of hydrogen-bond donors (Lipinski definition) is 2. The van der Waals surface area contributed by atoms with Crippen molar-refractivity contribution in [1.82, 2.24) is 0 Å². The van der Waals surface area contributed by atoms with E-state index in [1.54, 1.807) is 28.3 Å². The van der Waals surface area contributed by atoms with E-state index in [2.05, 4.69) is 20.8 Å². The van der Waals surface area contributed by atoms with Gasteiger partial charge in [0.25, 0.3) is 0 Å². The second kappa shape index (κ2) is 13.1. The highest BCUT2D eigenvalue weighted by Gasteiger charge is 2.54. The molecule has 2 aliphatic rings. The molecule has 0 aromatic heterocycles. The molecule has 11 unspecified atom stereocenters. The summed E-state index contributed by atoms with van der Waals surface area (Å²) < 4.78 is 48.8. The summed E-state index contributed by atoms with van der Waals surface area (Å²) in [5.41, 5.74) is -0.720. The molecule has 0 saturated carbocycles. The Morgan fingerprint density at radius 3 is 1.83 bits per heavy atom. The van der Waals surface area contributed by atoms with Crippen molar-refractivity contribution in [3.8, 4) is 0 Å². The molecular weight excluding hydrogens is 472 g/mol. The van der Waals surface area contributed by atoms with Crippen LogP contribution in [0.2, 0.25) is 0 Å². The molecule has 0 aliphatic carbocycles. The lowest BCUT2D eigenvalue weighted by molar-refractivity contribution is -0.371. The quantitative estimate of drug-likeness (QED) is 0.442. The molecule has 0 radical (unpaired) electrons. The van der Waals surface area contributed by atoms with E-state index < -0.39 is 60.9 Å². The second-order valence-electron chi connectivity index (χ2n) is 11.9. The zero-order chi connectivity index (χ0) is 27.4. The molecule has 2 saturated heterocycles. The lowest BCUT2D eigenvalue weighted by Crippen LogP contribution is -2.65. The summed E-state index contributed by atoms with van der Waals surface area (Å²) in [6, 6.07) is 0. The van der Waals surface area contributed by atoms with Crippen LogP contribution < -0.4 is 0 Å². The molecule has 0 amide bonds. The van der Waals surface area contributed by atoms with E-state index in [-0.39, 0.29) is 30.7 Å². The molecular formula is C26H50O10. The fourth-order valence-electron chi connectivity index (χ4n) is 5.20. The highest BCUT2D eigenvalue weighted by Crippen LogP contribution is 2.42. The highest BCUT2D eigenvalue weighted by molar-refractivity contribution is 4.98. The molecule has 2 N–H and O–H groups in total. The van der Waals surface area contributed by atoms with Crippen LogP contribution in [0.3, 0.4) is 0 Å². The van der Waals surface area contributed by atoms with Gasteiger partial charge in [0.1, 0.15) is 24.4 Å². The normalized spacial score (nSPS) is 39.2. The van der Waals surface area contributed by atoms with Gasteiger partial charge in [-0.1, -0.05) is 20.8 Å². The maximum atomic E-state index is 10.2. The predicted molar refractivity (Wildman–Crippen MR) is 133 cm³/mol. The average Bonchev–Trinajstić information content (AvgIpc) is 2.76. The van der Waals surface area contributed by atoms with Gasteiger partial charge in [0.2, 0.25) is 0 Å². The number of ether oxygens (including phenoxy) is 8. The van der Waals surface area contributed by atoms with Crippen LogP contribution >= 0.6 is 0 Å². The molecule has 0 aromatic carbocycles. The number of rotatable bonds is 10. The third kappa shape index (κ3) is 7.81. The molecule has 2 fully saturated rings. The summed E-state index contributed by atoms with van der Waals surface area (Å²) >= 11 is 0. The van der Waals surface area contributed by atoms with Crippen LogP contribution in [-0.2, 0) is 37.9 Å². The van der Waals surface area contributed by atoms with Gasteiger partial charge < -0.3 is 48.1 Å². The summed E-state index contributed by atoms with van der Waals surface area (Å²) in [5.74, 6) is -0.137. The molecule has 36 heavy (non-hydrogen) atoms. The maximum absolute atomic E-state index is 10.2. The van der Waals surface area contributed by atoms with Crippen molar-refractivity contribution in [1.29, 1.82) is 0 Å². The molecule has 2 rings (SSSR count). The molecule has 11 atom stereocenters. The van der Waals surface area contributed by atoms with E-state index in [0.717, 1.165) is 0 Å². The molecule has 10 heteroatoms. The Kier molecular flexibility index (Phi) is 11.6. The third-order valence-corrected chi connectivity index (χ3v) is 6.67. The summed E-state index contributed by atoms with van der Waals surface area (Å²) in [7, 11) is 4.79. The number of aliphatic hydroxyl groups excluding tert-OH is 2. The highest BCUT2D eigenvalue weighted by atomic mass is 16.8. The topological polar surface area (TPSA) is 114 Å². The minimum Gasteiger partial charge on any atom is -0.394 e. The Labute approximate surface area is 216 Å². The Hall–Kier alpha value is -0.400. The van der Waals surface area contributed by atoms with Gasteiger partial charge in [-0.2, -0.15) is 0 Å². The first-order valence-electron chi connectivity index (χ1n) is 12.8. The first-order chi connectivity index (χ1) is 16.7. The molecule has 0 aromatic rings. The van der Waals surface area contributed by atoms with Gasteiger partial charge in [0.05, 0.1) is 43.2 Å². The number of aliphatic hydroxyl groups is 2. The van der Waals surface area contributed by atoms with E-state index in [1.807, 2.05) is 27.7 Å². The van der Waals surface area contributed by atoms with Crippen molar-refractivity contribution < 1.29 is 48.1 Å². The minimum atomic E-state index is -0.859. The van der Waals surface area contributed by atoms with Crippen LogP contribution in [0.25, 0.3) is 0 Å². The molecule has 10 nitrogen and oxygen atoms in total. The van der Waals surface area contributed by atoms with Crippen LogP contribution in [0.15, 0.2) is 0 Å². The Bertz CT molecular complexity index is 646. The van der Waals surface area contributed by atoms with Gasteiger partial charge >= 0.3 is 0 Å². The SMILES string of the molecule is COC1C(OC2C(C)OC(OC(C)(C)C)C(OCC(C)O)C2OC)OC(CO)C(C(C)(C)C)C1OC.